The zero-order valence-corrected chi connectivity index (χ0v) is 10.8. The minimum atomic E-state index is 0.143. The first-order valence-electron chi connectivity index (χ1n) is 6.38. The minimum Gasteiger partial charge on any atom is -0.370 e. The summed E-state index contributed by atoms with van der Waals surface area (Å²) in [6, 6.07) is 15.6. The van der Waals surface area contributed by atoms with Crippen LogP contribution in [-0.4, -0.2) is 13.1 Å². The lowest BCUT2D eigenvalue weighted by molar-refractivity contribution is 0.942. The summed E-state index contributed by atoms with van der Waals surface area (Å²) < 4.78 is 0. The van der Waals surface area contributed by atoms with E-state index >= 15 is 0 Å². The third kappa shape index (κ3) is 2.04. The zero-order chi connectivity index (χ0) is 13.9. The molecular weight excluding hydrogens is 248 g/mol. The van der Waals surface area contributed by atoms with Gasteiger partial charge in [-0.3, -0.25) is 0 Å². The Hall–Kier alpha value is -2.98. The predicted molar refractivity (Wildman–Crippen MR) is 77.2 cm³/mol. The van der Waals surface area contributed by atoms with Crippen LogP contribution in [0, 0.1) is 22.7 Å². The lowest BCUT2D eigenvalue weighted by Crippen LogP contribution is -2.20. The van der Waals surface area contributed by atoms with E-state index < -0.39 is 0 Å². The molecule has 0 radical (unpaired) electrons. The summed E-state index contributed by atoms with van der Waals surface area (Å²) in [5, 5.41) is 28.3. The number of nitriles is 2. The van der Waals surface area contributed by atoms with Crippen molar-refractivity contribution in [2.45, 2.75) is 0 Å². The van der Waals surface area contributed by atoms with E-state index in [0.29, 0.717) is 5.22 Å². The fourth-order valence-electron chi connectivity index (χ4n) is 2.35. The highest BCUT2D eigenvalue weighted by Crippen LogP contribution is 2.08. The van der Waals surface area contributed by atoms with Gasteiger partial charge in [-0.15, -0.1) is 0 Å². The molecule has 4 nitrogen and oxygen atoms in total. The molecule has 4 heteroatoms. The van der Waals surface area contributed by atoms with Crippen molar-refractivity contribution in [3.05, 3.63) is 46.8 Å². The van der Waals surface area contributed by atoms with E-state index in [1.807, 2.05) is 42.5 Å². The fraction of sp³-hybridized carbons (Fsp3) is 0.125. The molecule has 0 aromatic heterocycles. The third-order valence-corrected chi connectivity index (χ3v) is 3.37. The molecule has 2 aromatic rings. The Bertz CT molecular complexity index is 857. The second kappa shape index (κ2) is 4.95. The summed E-state index contributed by atoms with van der Waals surface area (Å²) in [6.45, 7) is 1.88. The van der Waals surface area contributed by atoms with Crippen LogP contribution < -0.4 is 21.1 Å². The van der Waals surface area contributed by atoms with Gasteiger partial charge < -0.3 is 10.6 Å². The van der Waals surface area contributed by atoms with Crippen molar-refractivity contribution in [3.63, 3.8) is 0 Å². The summed E-state index contributed by atoms with van der Waals surface area (Å²) in [6.07, 6.45) is 0. The Labute approximate surface area is 116 Å². The normalized spacial score (nSPS) is 13.2. The average molecular weight is 260 g/mol. The zero-order valence-electron chi connectivity index (χ0n) is 10.8. The van der Waals surface area contributed by atoms with Gasteiger partial charge in [0, 0.05) is 23.5 Å². The van der Waals surface area contributed by atoms with E-state index in [9.17, 15) is 0 Å². The standard InChI is InChI=1S/C16H12N4/c17-9-15(10-18)13-2-1-12-8-14(4-3-11(12)7-13)16-19-5-6-20-16/h1-4,7-8,19-20H,5-6H2. The maximum absolute atomic E-state index is 8.91. The van der Waals surface area contributed by atoms with Crippen LogP contribution in [0.15, 0.2) is 36.4 Å². The molecular formula is C16H12N4. The highest BCUT2D eigenvalue weighted by Gasteiger charge is 2.04. The van der Waals surface area contributed by atoms with Gasteiger partial charge in [-0.1, -0.05) is 24.3 Å². The van der Waals surface area contributed by atoms with Crippen LogP contribution in [-0.2, 0) is 0 Å². The van der Waals surface area contributed by atoms with Gasteiger partial charge in [-0.05, 0) is 22.9 Å². The Morgan fingerprint density at radius 3 is 2.25 bits per heavy atom. The second-order valence-electron chi connectivity index (χ2n) is 4.60. The van der Waals surface area contributed by atoms with E-state index in [1.165, 1.54) is 0 Å². The van der Waals surface area contributed by atoms with Crippen molar-refractivity contribution in [1.29, 1.82) is 10.5 Å². The number of nitrogens with one attached hydrogen (secondary N) is 2. The number of nitrogens with zero attached hydrogens (tertiary/aromatic N) is 2. The van der Waals surface area contributed by atoms with Crippen molar-refractivity contribution in [2.24, 2.45) is 0 Å². The smallest absolute Gasteiger partial charge is 0.136 e. The van der Waals surface area contributed by atoms with Crippen molar-refractivity contribution in [2.75, 3.05) is 13.1 Å². The number of benzene rings is 2. The quantitative estimate of drug-likeness (QED) is 0.714. The van der Waals surface area contributed by atoms with Gasteiger partial charge in [-0.25, -0.2) is 0 Å². The number of fused-ring (bicyclic) bond motifs is 1. The molecule has 0 aliphatic carbocycles. The van der Waals surface area contributed by atoms with Crippen LogP contribution in [0.2, 0.25) is 0 Å². The lowest BCUT2D eigenvalue weighted by Gasteiger charge is -2.02. The molecule has 1 aliphatic rings. The first kappa shape index (κ1) is 12.1. The largest absolute Gasteiger partial charge is 0.370 e. The molecule has 0 atom stereocenters. The molecule has 2 N–H and O–H groups in total. The maximum atomic E-state index is 8.91. The van der Waals surface area contributed by atoms with Gasteiger partial charge in [0.15, 0.2) is 0 Å². The molecule has 0 unspecified atom stereocenters. The number of hydrogen-bond acceptors (Lipinski definition) is 4. The van der Waals surface area contributed by atoms with Gasteiger partial charge >= 0.3 is 0 Å². The van der Waals surface area contributed by atoms with E-state index in [2.05, 4.69) is 16.7 Å². The molecule has 0 amide bonds. The summed E-state index contributed by atoms with van der Waals surface area (Å²) in [5.41, 5.74) is 0.143. The summed E-state index contributed by atoms with van der Waals surface area (Å²) in [4.78, 5) is 0. The monoisotopic (exact) mass is 260 g/mol. The molecule has 0 saturated carbocycles. The first-order valence-corrected chi connectivity index (χ1v) is 6.38. The van der Waals surface area contributed by atoms with Crippen LogP contribution in [0.1, 0.15) is 0 Å². The van der Waals surface area contributed by atoms with Crippen LogP contribution in [0.5, 0.6) is 0 Å². The van der Waals surface area contributed by atoms with Crippen molar-refractivity contribution < 1.29 is 0 Å². The molecule has 20 heavy (non-hydrogen) atoms. The molecule has 1 heterocycles. The van der Waals surface area contributed by atoms with Gasteiger partial charge in [-0.2, -0.15) is 10.5 Å². The van der Waals surface area contributed by atoms with E-state index in [4.69, 9.17) is 10.5 Å². The van der Waals surface area contributed by atoms with Gasteiger partial charge in [0.2, 0.25) is 0 Å². The van der Waals surface area contributed by atoms with Gasteiger partial charge in [0.25, 0.3) is 0 Å². The van der Waals surface area contributed by atoms with Crippen molar-refractivity contribution >= 4 is 22.2 Å². The molecule has 3 rings (SSSR count). The van der Waals surface area contributed by atoms with Crippen LogP contribution >= 0.6 is 0 Å². The van der Waals surface area contributed by atoms with Crippen LogP contribution in [0.25, 0.3) is 22.2 Å². The van der Waals surface area contributed by atoms with Gasteiger partial charge in [0.1, 0.15) is 23.5 Å². The van der Waals surface area contributed by atoms with Crippen LogP contribution in [0.4, 0.5) is 0 Å². The Balaban J connectivity index is 2.24. The molecule has 0 bridgehead atoms. The summed E-state index contributed by atoms with van der Waals surface area (Å²) in [5.74, 6) is 1.05. The summed E-state index contributed by atoms with van der Waals surface area (Å²) in [7, 11) is 0. The molecule has 1 saturated heterocycles. The molecule has 96 valence electrons. The fourth-order valence-corrected chi connectivity index (χ4v) is 2.35. The van der Waals surface area contributed by atoms with Crippen molar-refractivity contribution in [1.82, 2.24) is 10.6 Å². The third-order valence-electron chi connectivity index (χ3n) is 3.37. The Morgan fingerprint density at radius 2 is 1.55 bits per heavy atom. The average Bonchev–Trinajstić information content (AvgIpc) is 3.02. The first-order chi connectivity index (χ1) is 9.81. The summed E-state index contributed by atoms with van der Waals surface area (Å²) >= 11 is 0. The molecule has 1 fully saturated rings. The van der Waals surface area contributed by atoms with Gasteiger partial charge in [0.05, 0.1) is 0 Å². The SMILES string of the molecule is N#CC(C#N)=c1ccc2cc(=C3NCCN3)ccc2c1. The highest BCUT2D eigenvalue weighted by atomic mass is 15.2. The topological polar surface area (TPSA) is 71.6 Å². The van der Waals surface area contributed by atoms with E-state index in [-0.39, 0.29) is 5.57 Å². The number of hydrogen-bond donors (Lipinski definition) is 2. The second-order valence-corrected chi connectivity index (χ2v) is 4.60. The predicted octanol–water partition coefficient (Wildman–Crippen LogP) is 0.296. The number of rotatable bonds is 0. The molecule has 1 aliphatic heterocycles. The molecule has 0 spiro atoms. The Morgan fingerprint density at radius 1 is 0.900 bits per heavy atom. The highest BCUT2D eigenvalue weighted by molar-refractivity contribution is 5.85. The van der Waals surface area contributed by atoms with E-state index in [0.717, 1.165) is 34.9 Å². The Kier molecular flexibility index (Phi) is 2.99. The maximum Gasteiger partial charge on any atom is 0.136 e. The lowest BCUT2D eigenvalue weighted by atomic mass is 10.1. The van der Waals surface area contributed by atoms with Crippen molar-refractivity contribution in [3.8, 4) is 12.1 Å². The van der Waals surface area contributed by atoms with Crippen LogP contribution in [0.3, 0.4) is 0 Å². The minimum absolute atomic E-state index is 0.143. The van der Waals surface area contributed by atoms with E-state index in [1.54, 1.807) is 0 Å². The molecule has 2 aromatic carbocycles.